The molecular weight excluding hydrogens is 382 g/mol. The monoisotopic (exact) mass is 403 g/mol. The number of carbonyl (C=O) groups excluding carboxylic acids is 1. The van der Waals surface area contributed by atoms with E-state index in [1.807, 2.05) is 42.5 Å². The van der Waals surface area contributed by atoms with Crippen molar-refractivity contribution < 1.29 is 9.53 Å². The van der Waals surface area contributed by atoms with Gasteiger partial charge in [0.2, 0.25) is 0 Å². The first-order valence-electron chi connectivity index (χ1n) is 9.48. The van der Waals surface area contributed by atoms with Crippen LogP contribution in [0.4, 0.5) is 5.82 Å². The zero-order valence-electron chi connectivity index (χ0n) is 16.4. The highest BCUT2D eigenvalue weighted by Crippen LogP contribution is 2.27. The number of nitrogens with zero attached hydrogens (tertiary/aromatic N) is 5. The maximum atomic E-state index is 12.9. The quantitative estimate of drug-likeness (QED) is 0.361. The van der Waals surface area contributed by atoms with E-state index in [0.29, 0.717) is 47.5 Å². The summed E-state index contributed by atoms with van der Waals surface area (Å²) in [6, 6.07) is 12.9. The minimum absolute atomic E-state index is 0.164. The number of hydrogen-bond donors (Lipinski definition) is 2. The van der Waals surface area contributed by atoms with Crippen LogP contribution in [0.15, 0.2) is 53.8 Å². The number of benzene rings is 1. The van der Waals surface area contributed by atoms with E-state index < -0.39 is 0 Å². The molecule has 9 heteroatoms. The molecule has 0 aliphatic carbocycles. The molecule has 0 aliphatic rings. The Morgan fingerprint density at radius 2 is 1.97 bits per heavy atom. The summed E-state index contributed by atoms with van der Waals surface area (Å²) in [5.74, 6) is -0.165. The van der Waals surface area contributed by atoms with E-state index in [1.54, 1.807) is 19.5 Å². The van der Waals surface area contributed by atoms with E-state index in [4.69, 9.17) is 10.5 Å². The molecule has 0 saturated carbocycles. The third-order valence-electron chi connectivity index (χ3n) is 4.51. The Morgan fingerprint density at radius 3 is 2.70 bits per heavy atom. The van der Waals surface area contributed by atoms with Crippen molar-refractivity contribution in [3.05, 3.63) is 59.9 Å². The Bertz CT molecular complexity index is 1220. The van der Waals surface area contributed by atoms with Crippen LogP contribution in [0.1, 0.15) is 22.5 Å². The topological polar surface area (TPSA) is 120 Å². The molecule has 1 aromatic carbocycles. The van der Waals surface area contributed by atoms with Crippen molar-refractivity contribution in [3.8, 4) is 0 Å². The number of fused-ring (bicyclic) bond motifs is 2. The second kappa shape index (κ2) is 8.66. The SMILES string of the molecule is COCCCNC(=O)c1c(N)n(N=Cc2ccccn2)c2nc3ccccc3nc12. The molecule has 9 nitrogen and oxygen atoms in total. The molecule has 4 aromatic rings. The third-order valence-corrected chi connectivity index (χ3v) is 4.51. The number of aromatic nitrogens is 4. The number of hydrogen-bond acceptors (Lipinski definition) is 7. The van der Waals surface area contributed by atoms with E-state index in [2.05, 4.69) is 25.4 Å². The van der Waals surface area contributed by atoms with Crippen molar-refractivity contribution >= 4 is 40.1 Å². The van der Waals surface area contributed by atoms with Gasteiger partial charge in [-0.3, -0.25) is 9.78 Å². The summed E-state index contributed by atoms with van der Waals surface area (Å²) in [7, 11) is 1.62. The number of nitrogens with two attached hydrogens (primary N) is 1. The van der Waals surface area contributed by atoms with Gasteiger partial charge >= 0.3 is 0 Å². The molecule has 30 heavy (non-hydrogen) atoms. The van der Waals surface area contributed by atoms with Gasteiger partial charge in [0, 0.05) is 26.5 Å². The average Bonchev–Trinajstić information content (AvgIpc) is 3.04. The number of nitrogen functional groups attached to an aromatic ring is 1. The maximum absolute atomic E-state index is 12.9. The van der Waals surface area contributed by atoms with E-state index in [-0.39, 0.29) is 17.3 Å². The van der Waals surface area contributed by atoms with Gasteiger partial charge < -0.3 is 15.8 Å². The average molecular weight is 403 g/mol. The summed E-state index contributed by atoms with van der Waals surface area (Å²) in [5.41, 5.74) is 9.39. The summed E-state index contributed by atoms with van der Waals surface area (Å²) in [6.45, 7) is 1.01. The minimum atomic E-state index is -0.329. The van der Waals surface area contributed by atoms with Gasteiger partial charge in [-0.2, -0.15) is 9.78 Å². The highest BCUT2D eigenvalue weighted by molar-refractivity contribution is 6.10. The van der Waals surface area contributed by atoms with Gasteiger partial charge in [-0.05, 0) is 30.7 Å². The smallest absolute Gasteiger partial charge is 0.257 e. The summed E-state index contributed by atoms with van der Waals surface area (Å²) in [6.07, 6.45) is 3.92. The van der Waals surface area contributed by atoms with Crippen LogP contribution in [0, 0.1) is 0 Å². The number of amides is 1. The lowest BCUT2D eigenvalue weighted by atomic mass is 10.2. The number of rotatable bonds is 7. The number of carbonyl (C=O) groups is 1. The maximum Gasteiger partial charge on any atom is 0.257 e. The third kappa shape index (κ3) is 3.83. The van der Waals surface area contributed by atoms with Crippen molar-refractivity contribution in [1.82, 2.24) is 24.9 Å². The highest BCUT2D eigenvalue weighted by atomic mass is 16.5. The first kappa shape index (κ1) is 19.5. The molecule has 0 unspecified atom stereocenters. The molecule has 1 amide bonds. The number of para-hydroxylation sites is 2. The van der Waals surface area contributed by atoms with Crippen LogP contribution in [0.3, 0.4) is 0 Å². The Morgan fingerprint density at radius 1 is 1.20 bits per heavy atom. The van der Waals surface area contributed by atoms with Crippen molar-refractivity contribution in [1.29, 1.82) is 0 Å². The van der Waals surface area contributed by atoms with Crippen LogP contribution >= 0.6 is 0 Å². The molecule has 3 N–H and O–H groups in total. The van der Waals surface area contributed by atoms with Gasteiger partial charge in [0.1, 0.15) is 16.9 Å². The lowest BCUT2D eigenvalue weighted by molar-refractivity contribution is 0.0951. The predicted molar refractivity (Wildman–Crippen MR) is 116 cm³/mol. The van der Waals surface area contributed by atoms with Crippen LogP contribution in [-0.4, -0.2) is 52.0 Å². The summed E-state index contributed by atoms with van der Waals surface area (Å²) in [5, 5.41) is 7.28. The molecule has 0 fully saturated rings. The zero-order chi connectivity index (χ0) is 20.9. The Labute approximate surface area is 172 Å². The predicted octanol–water partition coefficient (Wildman–Crippen LogP) is 2.21. The molecule has 0 radical (unpaired) electrons. The Balaban J connectivity index is 1.81. The standard InChI is InChI=1S/C21H21N7O2/c1-30-12-6-11-24-21(29)17-18-20(27-16-9-3-2-8-15(16)26-18)28(19(17)22)25-13-14-7-4-5-10-23-14/h2-5,7-10,13H,6,11-12,22H2,1H3,(H,24,29). The first-order valence-corrected chi connectivity index (χ1v) is 9.48. The number of pyridine rings is 1. The largest absolute Gasteiger partial charge is 0.385 e. The van der Waals surface area contributed by atoms with Gasteiger partial charge in [0.25, 0.3) is 5.91 Å². The minimum Gasteiger partial charge on any atom is -0.385 e. The second-order valence-corrected chi connectivity index (χ2v) is 6.56. The van der Waals surface area contributed by atoms with Crippen molar-refractivity contribution in [3.63, 3.8) is 0 Å². The van der Waals surface area contributed by atoms with Gasteiger partial charge in [0.15, 0.2) is 5.65 Å². The Hall–Kier alpha value is -3.85. The molecule has 0 aliphatic heterocycles. The lowest BCUT2D eigenvalue weighted by Gasteiger charge is -2.05. The van der Waals surface area contributed by atoms with Gasteiger partial charge in [-0.1, -0.05) is 18.2 Å². The van der Waals surface area contributed by atoms with E-state index in [9.17, 15) is 4.79 Å². The fourth-order valence-electron chi connectivity index (χ4n) is 3.06. The normalized spacial score (nSPS) is 11.5. The zero-order valence-corrected chi connectivity index (χ0v) is 16.4. The molecule has 0 bridgehead atoms. The number of anilines is 1. The van der Waals surface area contributed by atoms with E-state index >= 15 is 0 Å². The fraction of sp³-hybridized carbons (Fsp3) is 0.190. The molecule has 152 valence electrons. The van der Waals surface area contributed by atoms with Gasteiger partial charge in [0.05, 0.1) is 22.9 Å². The summed E-state index contributed by atoms with van der Waals surface area (Å²) in [4.78, 5) is 26.4. The molecule has 3 aromatic heterocycles. The molecule has 0 saturated heterocycles. The van der Waals surface area contributed by atoms with Crippen LogP contribution in [0.25, 0.3) is 22.2 Å². The highest BCUT2D eigenvalue weighted by Gasteiger charge is 2.23. The fourth-order valence-corrected chi connectivity index (χ4v) is 3.06. The second-order valence-electron chi connectivity index (χ2n) is 6.56. The molecule has 0 spiro atoms. The van der Waals surface area contributed by atoms with Crippen LogP contribution in [-0.2, 0) is 4.74 Å². The number of methoxy groups -OCH3 is 1. The molecular formula is C21H21N7O2. The van der Waals surface area contributed by atoms with Gasteiger partial charge in [-0.25, -0.2) is 9.97 Å². The summed E-state index contributed by atoms with van der Waals surface area (Å²) >= 11 is 0. The van der Waals surface area contributed by atoms with Crippen molar-refractivity contribution in [2.75, 3.05) is 26.0 Å². The molecule has 3 heterocycles. The van der Waals surface area contributed by atoms with E-state index in [1.165, 1.54) is 4.68 Å². The van der Waals surface area contributed by atoms with Gasteiger partial charge in [-0.15, -0.1) is 0 Å². The van der Waals surface area contributed by atoms with Crippen molar-refractivity contribution in [2.24, 2.45) is 5.10 Å². The van der Waals surface area contributed by atoms with Crippen molar-refractivity contribution in [2.45, 2.75) is 6.42 Å². The van der Waals surface area contributed by atoms with Crippen LogP contribution in [0.5, 0.6) is 0 Å². The molecule has 0 atom stereocenters. The van der Waals surface area contributed by atoms with Crippen LogP contribution in [0.2, 0.25) is 0 Å². The molecule has 4 rings (SSSR count). The number of ether oxygens (including phenoxy) is 1. The number of nitrogens with one attached hydrogen (secondary N) is 1. The first-order chi connectivity index (χ1) is 14.7. The summed E-state index contributed by atoms with van der Waals surface area (Å²) < 4.78 is 6.45. The Kier molecular flexibility index (Phi) is 5.62. The lowest BCUT2D eigenvalue weighted by Crippen LogP contribution is -2.26. The van der Waals surface area contributed by atoms with E-state index in [0.717, 1.165) is 0 Å². The van der Waals surface area contributed by atoms with Crippen LogP contribution < -0.4 is 11.1 Å².